The highest BCUT2D eigenvalue weighted by Crippen LogP contribution is 2.31. The molecular formula is C13H11NO5. The number of benzene rings is 1. The fourth-order valence-electron chi connectivity index (χ4n) is 2.16. The Labute approximate surface area is 107 Å². The smallest absolute Gasteiger partial charge is 0.209 e. The Balaban J connectivity index is 2.45. The van der Waals surface area contributed by atoms with Gasteiger partial charge in [0, 0.05) is 6.07 Å². The van der Waals surface area contributed by atoms with Crippen LogP contribution in [-0.4, -0.2) is 31.6 Å². The van der Waals surface area contributed by atoms with E-state index in [1.807, 2.05) is 0 Å². The first-order chi connectivity index (χ1) is 9.15. The number of fused-ring (bicyclic) bond motifs is 2. The number of pyridine rings is 1. The normalized spacial score (nSPS) is 13.3. The molecule has 0 bridgehead atoms. The van der Waals surface area contributed by atoms with E-state index >= 15 is 0 Å². The van der Waals surface area contributed by atoms with Crippen LogP contribution in [0.3, 0.4) is 0 Å². The number of aromatic amines is 1. The minimum absolute atomic E-state index is 0.0582. The monoisotopic (exact) mass is 261 g/mol. The lowest BCUT2D eigenvalue weighted by Crippen LogP contribution is -2.13. The molecule has 6 nitrogen and oxygen atoms in total. The summed E-state index contributed by atoms with van der Waals surface area (Å²) in [6, 6.07) is 3.23. The Morgan fingerprint density at radius 1 is 1.21 bits per heavy atom. The number of hydrogen-bond donors (Lipinski definition) is 1. The molecule has 1 N–H and O–H groups in total. The van der Waals surface area contributed by atoms with Crippen LogP contribution in [0.25, 0.3) is 10.9 Å². The summed E-state index contributed by atoms with van der Waals surface area (Å²) in [5.74, 6) is 0.823. The Kier molecular flexibility index (Phi) is 2.45. The van der Waals surface area contributed by atoms with Crippen molar-refractivity contribution >= 4 is 16.7 Å². The van der Waals surface area contributed by atoms with Gasteiger partial charge in [-0.25, -0.2) is 0 Å². The first kappa shape index (κ1) is 11.6. The molecule has 0 fully saturated rings. The minimum Gasteiger partial charge on any atom is -0.497 e. The van der Waals surface area contributed by atoms with Crippen molar-refractivity contribution in [3.8, 4) is 17.4 Å². The van der Waals surface area contributed by atoms with Gasteiger partial charge in [-0.2, -0.15) is 0 Å². The first-order valence-corrected chi connectivity index (χ1v) is 5.63. The van der Waals surface area contributed by atoms with Gasteiger partial charge in [-0.05, 0) is 6.07 Å². The highest BCUT2D eigenvalue weighted by molar-refractivity contribution is 6.04. The second-order valence-electron chi connectivity index (χ2n) is 4.12. The van der Waals surface area contributed by atoms with Gasteiger partial charge in [0.1, 0.15) is 17.1 Å². The van der Waals surface area contributed by atoms with Crippen LogP contribution in [-0.2, 0) is 0 Å². The van der Waals surface area contributed by atoms with E-state index in [0.29, 0.717) is 22.4 Å². The SMILES string of the molecule is COc1cc(OC)c2[nH]c3c(c(=O)c2c1)C(=O)CO3. The van der Waals surface area contributed by atoms with E-state index in [0.717, 1.165) is 0 Å². The molecule has 1 aliphatic rings. The molecule has 1 aromatic heterocycles. The molecule has 1 aliphatic heterocycles. The lowest BCUT2D eigenvalue weighted by Gasteiger charge is -2.09. The number of hydrogen-bond acceptors (Lipinski definition) is 5. The topological polar surface area (TPSA) is 77.6 Å². The number of methoxy groups -OCH3 is 2. The predicted molar refractivity (Wildman–Crippen MR) is 67.5 cm³/mol. The lowest BCUT2D eigenvalue weighted by atomic mass is 10.1. The molecule has 3 rings (SSSR count). The average Bonchev–Trinajstić information content (AvgIpc) is 2.80. The molecule has 19 heavy (non-hydrogen) atoms. The Morgan fingerprint density at radius 2 is 2.00 bits per heavy atom. The van der Waals surface area contributed by atoms with Crippen LogP contribution in [0.15, 0.2) is 16.9 Å². The third-order valence-electron chi connectivity index (χ3n) is 3.10. The molecular weight excluding hydrogens is 250 g/mol. The van der Waals surface area contributed by atoms with Gasteiger partial charge in [0.05, 0.1) is 25.1 Å². The predicted octanol–water partition coefficient (Wildman–Crippen LogP) is 1.12. The standard InChI is InChI=1S/C13H11NO5/c1-17-6-3-7-11(9(4-6)18-2)14-13-10(12(7)16)8(15)5-19-13/h3-4H,5H2,1-2H3,(H,14,16). The number of H-pyrrole nitrogens is 1. The van der Waals surface area contributed by atoms with Crippen LogP contribution >= 0.6 is 0 Å². The molecule has 0 atom stereocenters. The van der Waals surface area contributed by atoms with Gasteiger partial charge in [-0.15, -0.1) is 0 Å². The van der Waals surface area contributed by atoms with Crippen molar-refractivity contribution in [1.29, 1.82) is 0 Å². The summed E-state index contributed by atoms with van der Waals surface area (Å²) in [6.07, 6.45) is 0. The maximum absolute atomic E-state index is 12.3. The molecule has 2 heterocycles. The number of Topliss-reactive ketones (excluding diaryl/α,β-unsaturated/α-hetero) is 1. The van der Waals surface area contributed by atoms with Gasteiger partial charge in [0.25, 0.3) is 0 Å². The summed E-state index contributed by atoms with van der Waals surface area (Å²) in [5.41, 5.74) is 0.174. The molecule has 0 amide bonds. The van der Waals surface area contributed by atoms with Crippen molar-refractivity contribution in [3.05, 3.63) is 27.9 Å². The van der Waals surface area contributed by atoms with Crippen molar-refractivity contribution < 1.29 is 19.0 Å². The lowest BCUT2D eigenvalue weighted by molar-refractivity contribution is 0.0959. The third-order valence-corrected chi connectivity index (χ3v) is 3.10. The zero-order valence-corrected chi connectivity index (χ0v) is 10.4. The number of carbonyl (C=O) groups is 1. The molecule has 0 radical (unpaired) electrons. The zero-order chi connectivity index (χ0) is 13.6. The van der Waals surface area contributed by atoms with Gasteiger partial charge in [-0.3, -0.25) is 9.59 Å². The quantitative estimate of drug-likeness (QED) is 0.876. The largest absolute Gasteiger partial charge is 0.497 e. The van der Waals surface area contributed by atoms with Crippen LogP contribution in [0.2, 0.25) is 0 Å². The number of ether oxygens (including phenoxy) is 3. The van der Waals surface area contributed by atoms with E-state index in [9.17, 15) is 9.59 Å². The number of nitrogens with one attached hydrogen (secondary N) is 1. The number of aromatic nitrogens is 1. The molecule has 0 saturated carbocycles. The second-order valence-corrected chi connectivity index (χ2v) is 4.12. The molecule has 6 heteroatoms. The fourth-order valence-corrected chi connectivity index (χ4v) is 2.16. The fraction of sp³-hybridized carbons (Fsp3) is 0.231. The number of carbonyl (C=O) groups excluding carboxylic acids is 1. The number of ketones is 1. The van der Waals surface area contributed by atoms with Gasteiger partial charge < -0.3 is 19.2 Å². The van der Waals surface area contributed by atoms with Crippen molar-refractivity contribution in [3.63, 3.8) is 0 Å². The molecule has 1 aromatic carbocycles. The molecule has 0 unspecified atom stereocenters. The first-order valence-electron chi connectivity index (χ1n) is 5.63. The van der Waals surface area contributed by atoms with Crippen LogP contribution in [0.4, 0.5) is 0 Å². The van der Waals surface area contributed by atoms with Crippen LogP contribution in [0.1, 0.15) is 10.4 Å². The van der Waals surface area contributed by atoms with Gasteiger partial charge in [0.2, 0.25) is 17.1 Å². The van der Waals surface area contributed by atoms with E-state index in [-0.39, 0.29) is 29.3 Å². The molecule has 2 aromatic rings. The van der Waals surface area contributed by atoms with E-state index in [1.165, 1.54) is 14.2 Å². The van der Waals surface area contributed by atoms with Gasteiger partial charge in [0.15, 0.2) is 6.61 Å². The minimum atomic E-state index is -0.372. The second kappa shape index (κ2) is 4.01. The van der Waals surface area contributed by atoms with E-state index in [4.69, 9.17) is 14.2 Å². The summed E-state index contributed by atoms with van der Waals surface area (Å²) >= 11 is 0. The summed E-state index contributed by atoms with van der Waals surface area (Å²) in [7, 11) is 2.99. The molecule has 98 valence electrons. The molecule has 0 saturated heterocycles. The van der Waals surface area contributed by atoms with Crippen LogP contribution < -0.4 is 19.6 Å². The summed E-state index contributed by atoms with van der Waals surface area (Å²) in [6.45, 7) is -0.114. The average molecular weight is 261 g/mol. The maximum Gasteiger partial charge on any atom is 0.209 e. The number of rotatable bonds is 2. The maximum atomic E-state index is 12.3. The van der Waals surface area contributed by atoms with Crippen molar-refractivity contribution in [2.24, 2.45) is 0 Å². The van der Waals surface area contributed by atoms with E-state index in [1.54, 1.807) is 12.1 Å². The van der Waals surface area contributed by atoms with E-state index < -0.39 is 0 Å². The highest BCUT2D eigenvalue weighted by atomic mass is 16.5. The third kappa shape index (κ3) is 1.56. The van der Waals surface area contributed by atoms with Crippen molar-refractivity contribution in [2.45, 2.75) is 0 Å². The van der Waals surface area contributed by atoms with Crippen molar-refractivity contribution in [2.75, 3.05) is 20.8 Å². The van der Waals surface area contributed by atoms with E-state index in [2.05, 4.69) is 4.98 Å². The molecule has 0 aliphatic carbocycles. The summed E-state index contributed by atoms with van der Waals surface area (Å²) < 4.78 is 15.5. The Morgan fingerprint density at radius 3 is 2.68 bits per heavy atom. The van der Waals surface area contributed by atoms with Crippen LogP contribution in [0, 0.1) is 0 Å². The summed E-state index contributed by atoms with van der Waals surface area (Å²) in [4.78, 5) is 26.9. The Bertz CT molecular complexity index is 747. The highest BCUT2D eigenvalue weighted by Gasteiger charge is 2.27. The summed E-state index contributed by atoms with van der Waals surface area (Å²) in [5, 5.41) is 0.341. The van der Waals surface area contributed by atoms with Crippen LogP contribution in [0.5, 0.6) is 17.4 Å². The van der Waals surface area contributed by atoms with Crippen molar-refractivity contribution in [1.82, 2.24) is 4.98 Å². The van der Waals surface area contributed by atoms with Gasteiger partial charge in [-0.1, -0.05) is 0 Å². The van der Waals surface area contributed by atoms with Gasteiger partial charge >= 0.3 is 0 Å². The Hall–Kier alpha value is -2.50. The molecule has 0 spiro atoms. The zero-order valence-electron chi connectivity index (χ0n) is 10.4.